The van der Waals surface area contributed by atoms with Gasteiger partial charge in [0.25, 0.3) is 10.1 Å². The first kappa shape index (κ1) is 20.8. The molecule has 4 rings (SSSR count). The summed E-state index contributed by atoms with van der Waals surface area (Å²) in [6.45, 7) is 1.08. The molecule has 0 aromatic heterocycles. The van der Waals surface area contributed by atoms with E-state index in [0.717, 1.165) is 0 Å². The first-order valence-corrected chi connectivity index (χ1v) is 10.6. The molecule has 2 aliphatic heterocycles. The Morgan fingerprint density at radius 1 is 1.31 bits per heavy atom. The van der Waals surface area contributed by atoms with Gasteiger partial charge in [0.05, 0.1) is 31.2 Å². The molecule has 8 atom stereocenters. The topological polar surface area (TPSA) is 129 Å². The van der Waals surface area contributed by atoms with Crippen LogP contribution in [-0.2, 0) is 38.7 Å². The lowest BCUT2D eigenvalue weighted by molar-refractivity contribution is -0.259. The van der Waals surface area contributed by atoms with Crippen LogP contribution in [-0.4, -0.2) is 74.0 Å². The molecule has 0 aromatic rings. The minimum absolute atomic E-state index is 0.101. The van der Waals surface area contributed by atoms with Gasteiger partial charge in [0.2, 0.25) is 5.60 Å². The van der Waals surface area contributed by atoms with Gasteiger partial charge in [-0.05, 0) is 13.3 Å². The molecule has 164 valence electrons. The Morgan fingerprint density at radius 3 is 2.52 bits per heavy atom. The molecular weight excluding hydrogens is 425 g/mol. The Labute approximate surface area is 163 Å². The van der Waals surface area contributed by atoms with Crippen molar-refractivity contribution in [1.82, 2.24) is 0 Å². The summed E-state index contributed by atoms with van der Waals surface area (Å²) in [7, 11) is -5.12. The van der Waals surface area contributed by atoms with Crippen LogP contribution < -0.4 is 0 Å². The summed E-state index contributed by atoms with van der Waals surface area (Å²) in [6, 6.07) is 0. The van der Waals surface area contributed by atoms with E-state index in [1.165, 1.54) is 0 Å². The number of fused-ring (bicyclic) bond motifs is 1. The summed E-state index contributed by atoms with van der Waals surface area (Å²) in [5, 5.41) is 0. The molecule has 4 aliphatic rings. The van der Waals surface area contributed by atoms with Gasteiger partial charge in [0.1, 0.15) is 18.0 Å². The molecule has 1 N–H and O–H groups in total. The van der Waals surface area contributed by atoms with Crippen LogP contribution in [0.5, 0.6) is 0 Å². The molecule has 2 aliphatic carbocycles. The summed E-state index contributed by atoms with van der Waals surface area (Å²) >= 11 is 0. The van der Waals surface area contributed by atoms with Crippen LogP contribution in [0.2, 0.25) is 0 Å². The second-order valence-electron chi connectivity index (χ2n) is 8.15. The molecule has 0 spiro atoms. The van der Waals surface area contributed by atoms with Crippen molar-refractivity contribution in [3.63, 3.8) is 0 Å². The van der Waals surface area contributed by atoms with Crippen molar-refractivity contribution in [1.29, 1.82) is 0 Å². The van der Waals surface area contributed by atoms with Gasteiger partial charge in [-0.2, -0.15) is 21.6 Å². The quantitative estimate of drug-likeness (QED) is 0.336. The number of hydrogen-bond acceptors (Lipinski definition) is 8. The van der Waals surface area contributed by atoms with Gasteiger partial charge in [-0.25, -0.2) is 0 Å². The van der Waals surface area contributed by atoms with Crippen LogP contribution in [0.1, 0.15) is 13.3 Å². The Kier molecular flexibility index (Phi) is 4.69. The van der Waals surface area contributed by atoms with E-state index < -0.39 is 69.5 Å². The van der Waals surface area contributed by atoms with Crippen LogP contribution in [0, 0.1) is 23.7 Å². The van der Waals surface area contributed by atoms with E-state index in [2.05, 4.69) is 4.74 Å². The third-order valence-corrected chi connectivity index (χ3v) is 6.99. The fraction of sp³-hybridized carbons (Fsp3) is 0.875. The van der Waals surface area contributed by atoms with Gasteiger partial charge in [-0.1, -0.05) is 0 Å². The molecule has 13 heteroatoms. The summed E-state index contributed by atoms with van der Waals surface area (Å²) in [5.41, 5.74) is -3.47. The minimum Gasteiger partial charge on any atom is -0.459 e. The predicted molar refractivity (Wildman–Crippen MR) is 84.9 cm³/mol. The molecule has 0 aromatic carbocycles. The van der Waals surface area contributed by atoms with Crippen molar-refractivity contribution in [2.75, 3.05) is 19.0 Å². The van der Waals surface area contributed by atoms with E-state index in [9.17, 15) is 31.2 Å². The maximum absolute atomic E-state index is 13.4. The van der Waals surface area contributed by atoms with Gasteiger partial charge in [-0.3, -0.25) is 14.1 Å². The van der Waals surface area contributed by atoms with Crippen LogP contribution in [0.15, 0.2) is 0 Å². The van der Waals surface area contributed by atoms with Crippen LogP contribution in [0.3, 0.4) is 0 Å². The second-order valence-corrected chi connectivity index (χ2v) is 9.60. The summed E-state index contributed by atoms with van der Waals surface area (Å²) in [4.78, 5) is 25.0. The van der Waals surface area contributed by atoms with Crippen molar-refractivity contribution < 1.29 is 54.7 Å². The third kappa shape index (κ3) is 3.62. The van der Waals surface area contributed by atoms with Crippen LogP contribution >= 0.6 is 0 Å². The highest BCUT2D eigenvalue weighted by Crippen LogP contribution is 2.59. The van der Waals surface area contributed by atoms with Crippen molar-refractivity contribution in [3.05, 3.63) is 0 Å². The van der Waals surface area contributed by atoms with E-state index in [-0.39, 0.29) is 18.6 Å². The summed E-state index contributed by atoms with van der Waals surface area (Å²) in [6.07, 6.45) is -6.28. The van der Waals surface area contributed by atoms with Gasteiger partial charge in [0, 0.05) is 11.8 Å². The number of esters is 2. The Morgan fingerprint density at radius 2 is 1.97 bits per heavy atom. The van der Waals surface area contributed by atoms with Gasteiger partial charge < -0.3 is 18.9 Å². The van der Waals surface area contributed by atoms with Crippen molar-refractivity contribution in [2.24, 2.45) is 23.7 Å². The average molecular weight is 444 g/mol. The Hall–Kier alpha value is -1.44. The number of rotatable bonds is 7. The van der Waals surface area contributed by atoms with Gasteiger partial charge in [-0.15, -0.1) is 0 Å². The van der Waals surface area contributed by atoms with Crippen molar-refractivity contribution in [2.45, 2.75) is 43.4 Å². The minimum atomic E-state index is -5.27. The Balaban J connectivity index is 1.56. The lowest BCUT2D eigenvalue weighted by Crippen LogP contribution is -2.53. The van der Waals surface area contributed by atoms with E-state index in [4.69, 9.17) is 18.8 Å². The van der Waals surface area contributed by atoms with E-state index >= 15 is 0 Å². The number of halogens is 3. The monoisotopic (exact) mass is 444 g/mol. The molecule has 9 nitrogen and oxygen atoms in total. The molecule has 2 bridgehead atoms. The maximum Gasteiger partial charge on any atom is 0.429 e. The molecule has 2 saturated heterocycles. The molecular formula is C16H19F3O9S. The zero-order valence-corrected chi connectivity index (χ0v) is 15.9. The number of carbonyl (C=O) groups is 2. The first-order chi connectivity index (χ1) is 13.3. The fourth-order valence-electron chi connectivity index (χ4n) is 4.72. The normalized spacial score (nSPS) is 39.9. The summed E-state index contributed by atoms with van der Waals surface area (Å²) in [5.74, 6) is -7.12. The predicted octanol–water partition coefficient (Wildman–Crippen LogP) is 0.330. The molecule has 2 heterocycles. The zero-order valence-electron chi connectivity index (χ0n) is 15.1. The highest BCUT2D eigenvalue weighted by atomic mass is 32.2. The van der Waals surface area contributed by atoms with Gasteiger partial charge in [0.15, 0.2) is 0 Å². The first-order valence-electron chi connectivity index (χ1n) is 8.99. The third-order valence-electron chi connectivity index (χ3n) is 6.08. The summed E-state index contributed by atoms with van der Waals surface area (Å²) < 4.78 is 92.0. The number of carbonyl (C=O) groups excluding carboxylic acids is 2. The molecule has 0 radical (unpaired) electrons. The van der Waals surface area contributed by atoms with E-state index in [0.29, 0.717) is 20.0 Å². The zero-order chi connectivity index (χ0) is 21.4. The highest BCUT2D eigenvalue weighted by molar-refractivity contribution is 7.85. The smallest absolute Gasteiger partial charge is 0.429 e. The lowest BCUT2D eigenvalue weighted by Gasteiger charge is -2.35. The number of ether oxygens (including phenoxy) is 4. The largest absolute Gasteiger partial charge is 0.459 e. The van der Waals surface area contributed by atoms with Crippen molar-refractivity contribution >= 4 is 22.1 Å². The van der Waals surface area contributed by atoms with Gasteiger partial charge >= 0.3 is 18.1 Å². The molecule has 0 amide bonds. The molecule has 4 fully saturated rings. The van der Waals surface area contributed by atoms with Crippen LogP contribution in [0.25, 0.3) is 0 Å². The van der Waals surface area contributed by atoms with E-state index in [1.54, 1.807) is 0 Å². The number of epoxide rings is 1. The fourth-order valence-corrected chi connectivity index (χ4v) is 5.64. The Bertz CT molecular complexity index is 824. The average Bonchev–Trinajstić information content (AvgIpc) is 3.12. The van der Waals surface area contributed by atoms with E-state index in [1.807, 2.05) is 0 Å². The molecule has 8 unspecified atom stereocenters. The SMILES string of the molecule is CC(CS(=O)(=O)O)(OC(=O)C1C2CC3C(OC(=O)C31)C2OCC1CO1)C(F)(F)F. The van der Waals surface area contributed by atoms with Crippen molar-refractivity contribution in [3.8, 4) is 0 Å². The molecule has 2 saturated carbocycles. The highest BCUT2D eigenvalue weighted by Gasteiger charge is 2.70. The standard InChI is InChI=1S/C16H19F3O9S/c1-15(16(17,18)19,5-29(22,23)24)28-14(21)10-7-2-8-9(10)13(20)27-12(8)11(7)26-4-6-3-25-6/h6-12H,2-5H2,1H3,(H,22,23,24). The number of alkyl halides is 3. The second kappa shape index (κ2) is 6.53. The lowest BCUT2D eigenvalue weighted by atomic mass is 9.78. The maximum atomic E-state index is 13.4. The molecule has 29 heavy (non-hydrogen) atoms. The van der Waals surface area contributed by atoms with Crippen LogP contribution in [0.4, 0.5) is 13.2 Å². The number of hydrogen-bond donors (Lipinski definition) is 1.